The third-order valence-electron chi connectivity index (χ3n) is 4.65. The van der Waals surface area contributed by atoms with E-state index in [1.807, 2.05) is 30.3 Å². The zero-order chi connectivity index (χ0) is 20.2. The first-order chi connectivity index (χ1) is 14.2. The molecule has 1 aromatic heterocycles. The van der Waals surface area contributed by atoms with Gasteiger partial charge in [0.05, 0.1) is 24.5 Å². The zero-order valence-electron chi connectivity index (χ0n) is 15.8. The molecule has 29 heavy (non-hydrogen) atoms. The van der Waals surface area contributed by atoms with Crippen LogP contribution in [-0.2, 0) is 16.1 Å². The van der Waals surface area contributed by atoms with Crippen LogP contribution in [-0.4, -0.2) is 19.0 Å². The molecule has 3 aromatic carbocycles. The van der Waals surface area contributed by atoms with Gasteiger partial charge in [-0.2, -0.15) is 0 Å². The maximum atomic E-state index is 13.0. The number of carbonyl (C=O) groups excluding carboxylic acids is 2. The van der Waals surface area contributed by atoms with E-state index in [2.05, 4.69) is 0 Å². The molecule has 0 fully saturated rings. The van der Waals surface area contributed by atoms with Gasteiger partial charge in [0.25, 0.3) is 0 Å². The smallest absolute Gasteiger partial charge is 0.339 e. The van der Waals surface area contributed by atoms with Gasteiger partial charge < -0.3 is 13.9 Å². The van der Waals surface area contributed by atoms with Crippen LogP contribution in [0.25, 0.3) is 22.1 Å². The van der Waals surface area contributed by atoms with Crippen LogP contribution in [0.4, 0.5) is 0 Å². The Morgan fingerprint density at radius 1 is 0.828 bits per heavy atom. The van der Waals surface area contributed by atoms with Crippen molar-refractivity contribution in [2.24, 2.45) is 0 Å². The fourth-order valence-electron chi connectivity index (χ4n) is 3.21. The molecule has 5 nitrogen and oxygen atoms in total. The van der Waals surface area contributed by atoms with Gasteiger partial charge in [0, 0.05) is 10.9 Å². The van der Waals surface area contributed by atoms with Gasteiger partial charge in [0.15, 0.2) is 0 Å². The summed E-state index contributed by atoms with van der Waals surface area (Å²) in [7, 11) is 1.32. The highest BCUT2D eigenvalue weighted by Crippen LogP contribution is 2.32. The Hall–Kier alpha value is -3.86. The van der Waals surface area contributed by atoms with Gasteiger partial charge in [-0.1, -0.05) is 48.5 Å². The summed E-state index contributed by atoms with van der Waals surface area (Å²) in [6.45, 7) is 0.154. The second-order valence-corrected chi connectivity index (χ2v) is 6.46. The molecule has 0 radical (unpaired) electrons. The minimum atomic E-state index is -0.483. The van der Waals surface area contributed by atoms with Gasteiger partial charge in [-0.3, -0.25) is 0 Å². The van der Waals surface area contributed by atoms with E-state index < -0.39 is 11.9 Å². The number of esters is 2. The zero-order valence-corrected chi connectivity index (χ0v) is 15.8. The lowest BCUT2D eigenvalue weighted by molar-refractivity contribution is 0.0473. The molecule has 0 atom stereocenters. The number of hydrogen-bond donors (Lipinski definition) is 0. The number of furan rings is 1. The average Bonchev–Trinajstić information content (AvgIpc) is 3.24. The van der Waals surface area contributed by atoms with E-state index >= 15 is 0 Å². The average molecular weight is 386 g/mol. The summed E-state index contributed by atoms with van der Waals surface area (Å²) in [5, 5.41) is 0.774. The molecule has 0 aliphatic rings. The van der Waals surface area contributed by atoms with E-state index in [4.69, 9.17) is 13.9 Å². The van der Waals surface area contributed by atoms with Crippen LogP contribution in [0.2, 0.25) is 0 Å². The van der Waals surface area contributed by atoms with Crippen molar-refractivity contribution in [1.82, 2.24) is 0 Å². The minimum Gasteiger partial charge on any atom is -0.465 e. The Kier molecular flexibility index (Phi) is 5.12. The lowest BCUT2D eigenvalue weighted by Crippen LogP contribution is -2.09. The van der Waals surface area contributed by atoms with Gasteiger partial charge in [0.2, 0.25) is 0 Å². The third kappa shape index (κ3) is 3.75. The summed E-state index contributed by atoms with van der Waals surface area (Å²) in [4.78, 5) is 25.2. The molecule has 5 heteroatoms. The molecule has 4 aromatic rings. The van der Waals surface area contributed by atoms with E-state index in [1.165, 1.54) is 7.11 Å². The van der Waals surface area contributed by atoms with Gasteiger partial charge >= 0.3 is 11.9 Å². The minimum absolute atomic E-state index is 0.154. The number of carbonyl (C=O) groups is 2. The highest BCUT2D eigenvalue weighted by Gasteiger charge is 2.21. The van der Waals surface area contributed by atoms with Crippen LogP contribution in [0.5, 0.6) is 0 Å². The maximum absolute atomic E-state index is 13.0. The second-order valence-electron chi connectivity index (χ2n) is 6.46. The van der Waals surface area contributed by atoms with Crippen molar-refractivity contribution in [3.63, 3.8) is 0 Å². The van der Waals surface area contributed by atoms with Gasteiger partial charge in [-0.15, -0.1) is 0 Å². The lowest BCUT2D eigenvalue weighted by atomic mass is 9.94. The largest absolute Gasteiger partial charge is 0.465 e. The van der Waals surface area contributed by atoms with Crippen molar-refractivity contribution >= 4 is 22.9 Å². The van der Waals surface area contributed by atoms with Crippen LogP contribution in [0.1, 0.15) is 26.3 Å². The number of rotatable bonds is 5. The molecule has 0 aliphatic heterocycles. The van der Waals surface area contributed by atoms with Crippen LogP contribution >= 0.6 is 0 Å². The highest BCUT2D eigenvalue weighted by atomic mass is 16.5. The molecule has 0 N–H and O–H groups in total. The second kappa shape index (κ2) is 8.02. The lowest BCUT2D eigenvalue weighted by Gasteiger charge is -2.13. The number of fused-ring (bicyclic) bond motifs is 1. The van der Waals surface area contributed by atoms with Crippen LogP contribution in [0, 0.1) is 0 Å². The molecule has 0 aliphatic carbocycles. The molecule has 0 saturated heterocycles. The first-order valence-electron chi connectivity index (χ1n) is 9.07. The van der Waals surface area contributed by atoms with Crippen molar-refractivity contribution < 1.29 is 23.5 Å². The number of benzene rings is 3. The first kappa shape index (κ1) is 18.5. The van der Waals surface area contributed by atoms with E-state index in [0.717, 1.165) is 10.9 Å². The van der Waals surface area contributed by atoms with E-state index in [-0.39, 0.29) is 6.61 Å². The van der Waals surface area contributed by atoms with Gasteiger partial charge in [-0.05, 0) is 35.4 Å². The molecule has 0 spiro atoms. The number of methoxy groups -OCH3 is 1. The topological polar surface area (TPSA) is 65.7 Å². The molecule has 0 amide bonds. The van der Waals surface area contributed by atoms with Crippen LogP contribution < -0.4 is 0 Å². The van der Waals surface area contributed by atoms with Gasteiger partial charge in [-0.25, -0.2) is 9.59 Å². The predicted octanol–water partition coefficient (Wildman–Crippen LogP) is 5.24. The Bertz CT molecular complexity index is 1170. The number of hydrogen-bond acceptors (Lipinski definition) is 5. The molecule has 1 heterocycles. The molecule has 4 rings (SSSR count). The summed E-state index contributed by atoms with van der Waals surface area (Å²) < 4.78 is 15.9. The number of ether oxygens (including phenoxy) is 2. The van der Waals surface area contributed by atoms with Crippen LogP contribution in [0.3, 0.4) is 0 Å². The SMILES string of the molecule is COC(=O)c1ccccc1-c1cc2occc2cc1C(=O)OCc1ccccc1. The summed E-state index contributed by atoms with van der Waals surface area (Å²) in [5.41, 5.74) is 3.33. The normalized spacial score (nSPS) is 10.7. The Balaban J connectivity index is 1.78. The van der Waals surface area contributed by atoms with Gasteiger partial charge in [0.1, 0.15) is 12.2 Å². The molecular weight excluding hydrogens is 368 g/mol. The van der Waals surface area contributed by atoms with E-state index in [9.17, 15) is 9.59 Å². The quantitative estimate of drug-likeness (QED) is 0.439. The van der Waals surface area contributed by atoms with Crippen molar-refractivity contribution in [1.29, 1.82) is 0 Å². The van der Waals surface area contributed by atoms with Crippen molar-refractivity contribution in [3.8, 4) is 11.1 Å². The molecular formula is C24H18O5. The summed E-state index contributed by atoms with van der Waals surface area (Å²) in [5.74, 6) is -0.963. The molecule has 144 valence electrons. The maximum Gasteiger partial charge on any atom is 0.339 e. The fraction of sp³-hybridized carbons (Fsp3) is 0.0833. The standard InChI is InChI=1S/C24H18O5/c1-27-23(25)19-10-6-5-9-18(19)20-14-22-17(11-12-28-22)13-21(20)24(26)29-15-16-7-3-2-4-8-16/h2-14H,15H2,1H3. The fourth-order valence-corrected chi connectivity index (χ4v) is 3.21. The van der Waals surface area contributed by atoms with Crippen molar-refractivity contribution in [2.45, 2.75) is 6.61 Å². The first-order valence-corrected chi connectivity index (χ1v) is 9.07. The highest BCUT2D eigenvalue weighted by molar-refractivity contribution is 6.06. The Labute approximate surface area is 167 Å². The molecule has 0 bridgehead atoms. The summed E-state index contributed by atoms with van der Waals surface area (Å²) in [6.07, 6.45) is 1.56. The monoisotopic (exact) mass is 386 g/mol. The predicted molar refractivity (Wildman–Crippen MR) is 109 cm³/mol. The summed E-state index contributed by atoms with van der Waals surface area (Å²) in [6, 6.07) is 21.7. The molecule has 0 saturated carbocycles. The Morgan fingerprint density at radius 3 is 2.38 bits per heavy atom. The third-order valence-corrected chi connectivity index (χ3v) is 4.65. The van der Waals surface area contributed by atoms with E-state index in [0.29, 0.717) is 27.8 Å². The summed E-state index contributed by atoms with van der Waals surface area (Å²) >= 11 is 0. The molecule has 0 unspecified atom stereocenters. The van der Waals surface area contributed by atoms with Crippen molar-refractivity contribution in [2.75, 3.05) is 7.11 Å². The van der Waals surface area contributed by atoms with E-state index in [1.54, 1.807) is 48.7 Å². The van der Waals surface area contributed by atoms with Crippen LogP contribution in [0.15, 0.2) is 83.5 Å². The Morgan fingerprint density at radius 2 is 1.59 bits per heavy atom. The van der Waals surface area contributed by atoms with Crippen molar-refractivity contribution in [3.05, 3.63) is 95.7 Å².